The van der Waals surface area contributed by atoms with Gasteiger partial charge >= 0.3 is 71.8 Å². The lowest BCUT2D eigenvalue weighted by Gasteiger charge is -2.50. The van der Waals surface area contributed by atoms with Crippen LogP contribution in [0.25, 0.3) is 11.1 Å². The maximum atomic E-state index is 13.4. The Morgan fingerprint density at radius 1 is 0.417 bits per heavy atom. The summed E-state index contributed by atoms with van der Waals surface area (Å²) < 4.78 is 105. The van der Waals surface area contributed by atoms with E-state index in [0.29, 0.717) is 6.42 Å². The summed E-state index contributed by atoms with van der Waals surface area (Å²) in [5.74, 6) is -10.6. The number of alkyl carbamates (subject to hydrolysis) is 1. The molecule has 3 heterocycles. The number of fused-ring (bicyclic) bond motifs is 3. The predicted octanol–water partition coefficient (Wildman–Crippen LogP) is 4.14. The minimum atomic E-state index is -2.07. The highest BCUT2D eigenvalue weighted by molar-refractivity contribution is 5.82. The number of ether oxygens (including phenoxy) is 18. The van der Waals surface area contributed by atoms with Gasteiger partial charge in [0.1, 0.15) is 63.0 Å². The van der Waals surface area contributed by atoms with Crippen molar-refractivity contribution in [2.24, 2.45) is 0 Å². The summed E-state index contributed by atoms with van der Waals surface area (Å²) in [6, 6.07) is 14.6. The van der Waals surface area contributed by atoms with Crippen molar-refractivity contribution in [1.29, 1.82) is 0 Å². The summed E-state index contributed by atoms with van der Waals surface area (Å²) in [4.78, 5) is 155. The Labute approximate surface area is 553 Å². The second-order valence-electron chi connectivity index (χ2n) is 22.5. The molecule has 4 aliphatic rings. The minimum absolute atomic E-state index is 0.00473. The second kappa shape index (κ2) is 37.0. The number of carbonyl (C=O) groups excluding carboxylic acids is 12. The van der Waals surface area contributed by atoms with Crippen LogP contribution in [0, 0.1) is 0 Å². The quantitative estimate of drug-likeness (QED) is 0.0479. The average molecular weight is 1360 g/mol. The van der Waals surface area contributed by atoms with Gasteiger partial charge in [-0.3, -0.25) is 47.9 Å². The zero-order chi connectivity index (χ0) is 70.3. The Morgan fingerprint density at radius 3 is 1.23 bits per heavy atom. The fourth-order valence-electron chi connectivity index (χ4n) is 11.1. The van der Waals surface area contributed by atoms with Gasteiger partial charge in [0.15, 0.2) is 61.6 Å². The van der Waals surface area contributed by atoms with Crippen molar-refractivity contribution in [3.05, 3.63) is 71.8 Å². The van der Waals surface area contributed by atoms with Crippen LogP contribution in [-0.2, 0) is 138 Å². The van der Waals surface area contributed by atoms with Gasteiger partial charge in [-0.1, -0.05) is 74.0 Å². The van der Waals surface area contributed by atoms with Crippen LogP contribution in [-0.4, -0.2) is 210 Å². The van der Waals surface area contributed by atoms with E-state index in [1.54, 1.807) is 12.2 Å². The van der Waals surface area contributed by atoms with Crippen LogP contribution in [0.5, 0.6) is 0 Å². The van der Waals surface area contributed by atoms with Crippen LogP contribution in [0.2, 0.25) is 0 Å². The first kappa shape index (κ1) is 76.4. The van der Waals surface area contributed by atoms with Gasteiger partial charge in [-0.25, -0.2) is 9.59 Å². The summed E-state index contributed by atoms with van der Waals surface area (Å²) in [6.45, 7) is 9.66. The lowest BCUT2D eigenvalue weighted by molar-refractivity contribution is -0.380. The van der Waals surface area contributed by atoms with E-state index >= 15 is 0 Å². The molecule has 2 aromatic carbocycles. The van der Waals surface area contributed by atoms with Gasteiger partial charge in [0.25, 0.3) is 0 Å². The number of esters is 11. The molecule has 0 aromatic heterocycles. The molecule has 96 heavy (non-hydrogen) atoms. The molecule has 2 aromatic rings. The van der Waals surface area contributed by atoms with Crippen LogP contribution in [0.15, 0.2) is 60.7 Å². The van der Waals surface area contributed by atoms with Crippen molar-refractivity contribution in [1.82, 2.24) is 5.32 Å². The van der Waals surface area contributed by atoms with Crippen LogP contribution in [0.3, 0.4) is 0 Å². The van der Waals surface area contributed by atoms with E-state index < -0.39 is 190 Å². The zero-order valence-corrected chi connectivity index (χ0v) is 55.1. The first-order chi connectivity index (χ1) is 45.6. The third kappa shape index (κ3) is 22.5. The molecule has 9 unspecified atom stereocenters. The highest BCUT2D eigenvalue weighted by Gasteiger charge is 2.60. The van der Waals surface area contributed by atoms with Crippen molar-refractivity contribution >= 4 is 71.8 Å². The van der Waals surface area contributed by atoms with E-state index in [1.807, 2.05) is 55.5 Å². The van der Waals surface area contributed by atoms with Crippen molar-refractivity contribution < 1.29 is 143 Å². The van der Waals surface area contributed by atoms with Crippen molar-refractivity contribution in [3.63, 3.8) is 0 Å². The largest absolute Gasteiger partial charge is 0.464 e. The molecule has 1 aliphatic carbocycles. The standard InChI is InChI=1S/C65H83NO30/c1-12-13-27-79-61(77)48(66-65(78)84-29-47-45-24-19-17-22-43(45)44-23-18-20-25-46(44)47)26-16-14-15-21-28-80-62-58(89-40(9)74)56(87-38(7)72)53(50(92-62)31-82-34(3)68)95-64-60(91-42(11)76)57(88-39(8)73)54(51(94-64)32-83-35(4)69)96-63-59(90-41(10)75)55(86-37(6)71)52(85-36(5)70)49(93-63)30-81-33(2)67/h14,16-20,22-25,47-60,62-64H,12-13,15,21,26-32H2,1-11H3,(H,66,78)/t48-,49?,50?,51?,52-,53+,54-,55?,56?,57?,58?,59?,60?,62+,63+,64-/m0/s1. The highest BCUT2D eigenvalue weighted by Crippen LogP contribution is 2.45. The molecule has 0 spiro atoms. The Balaban J connectivity index is 1.26. The first-order valence-corrected chi connectivity index (χ1v) is 31.1. The Morgan fingerprint density at radius 2 is 0.802 bits per heavy atom. The third-order valence-corrected chi connectivity index (χ3v) is 14.8. The van der Waals surface area contributed by atoms with E-state index in [2.05, 4.69) is 5.32 Å². The Hall–Kier alpha value is -8.62. The summed E-state index contributed by atoms with van der Waals surface area (Å²) in [5.41, 5.74) is 4.09. The normalized spacial score (nSPS) is 26.2. The molecule has 1 N–H and O–H groups in total. The topological polar surface area (TPSA) is 383 Å². The summed E-state index contributed by atoms with van der Waals surface area (Å²) in [7, 11) is 0. The number of unbranched alkanes of at least 4 members (excludes halogenated alkanes) is 2. The van der Waals surface area contributed by atoms with Gasteiger partial charge in [-0.15, -0.1) is 0 Å². The van der Waals surface area contributed by atoms with E-state index in [4.69, 9.17) is 85.3 Å². The highest BCUT2D eigenvalue weighted by atomic mass is 16.8. The lowest BCUT2D eigenvalue weighted by atomic mass is 9.95. The molecule has 528 valence electrons. The molecule has 3 aliphatic heterocycles. The van der Waals surface area contributed by atoms with Crippen LogP contribution < -0.4 is 5.32 Å². The lowest BCUT2D eigenvalue weighted by Crippen LogP contribution is -2.69. The SMILES string of the molecule is CCCCOC(=O)[C@H](CC=CCCCO[C@@H]1OC(COC(C)=O)[C@@H](O[C@@H]2OC(COC(C)=O)[C@H](O[C@H]3OC(COC(C)=O)[C@H](OC(C)=O)C(OC(C)=O)C3OC(C)=O)C(OC(C)=O)C2OC(C)=O)C(OC(C)=O)C1OC(C)=O)NC(=O)OCC1c2ccccc2-c2ccccc21. The summed E-state index contributed by atoms with van der Waals surface area (Å²) in [6.07, 6.45) is -22.8. The van der Waals surface area contributed by atoms with E-state index in [0.717, 1.165) is 97.9 Å². The fraction of sp³-hybridized carbons (Fsp3) is 0.600. The first-order valence-electron chi connectivity index (χ1n) is 31.1. The van der Waals surface area contributed by atoms with Crippen LogP contribution >= 0.6 is 0 Å². The molecule has 0 bridgehead atoms. The van der Waals surface area contributed by atoms with Gasteiger partial charge < -0.3 is 90.6 Å². The number of rotatable bonds is 31. The zero-order valence-electron chi connectivity index (χ0n) is 55.1. The molecule has 0 saturated carbocycles. The molecule has 6 rings (SSSR count). The molecular formula is C65H83NO30. The van der Waals surface area contributed by atoms with Crippen LogP contribution in [0.4, 0.5) is 4.79 Å². The number of hydrogen-bond acceptors (Lipinski definition) is 30. The average Bonchev–Trinajstić information content (AvgIpc) is 1.14. The molecule has 1 amide bonds. The number of amides is 1. The number of hydrogen-bond donors (Lipinski definition) is 1. The monoisotopic (exact) mass is 1360 g/mol. The summed E-state index contributed by atoms with van der Waals surface area (Å²) in [5, 5.41) is 2.65. The van der Waals surface area contributed by atoms with E-state index in [-0.39, 0.29) is 45.0 Å². The fourth-order valence-corrected chi connectivity index (χ4v) is 11.1. The van der Waals surface area contributed by atoms with E-state index in [1.165, 1.54) is 0 Å². The molecular weight excluding hydrogens is 1270 g/mol. The molecule has 31 heteroatoms. The smallest absolute Gasteiger partial charge is 0.407 e. The molecule has 16 atom stereocenters. The summed E-state index contributed by atoms with van der Waals surface area (Å²) >= 11 is 0. The van der Waals surface area contributed by atoms with Gasteiger partial charge in [0.2, 0.25) is 0 Å². The van der Waals surface area contributed by atoms with Crippen molar-refractivity contribution in [3.8, 4) is 11.1 Å². The predicted molar refractivity (Wildman–Crippen MR) is 321 cm³/mol. The van der Waals surface area contributed by atoms with Gasteiger partial charge in [0, 0.05) is 75.2 Å². The Kier molecular flexibility index (Phi) is 29.5. The molecule has 31 nitrogen and oxygen atoms in total. The van der Waals surface area contributed by atoms with E-state index in [9.17, 15) is 57.5 Å². The number of carbonyl (C=O) groups is 12. The third-order valence-electron chi connectivity index (χ3n) is 14.8. The maximum Gasteiger partial charge on any atom is 0.407 e. The van der Waals surface area contributed by atoms with Gasteiger partial charge in [-0.05, 0) is 47.9 Å². The molecule has 0 radical (unpaired) electrons. The number of benzene rings is 2. The molecule has 3 fully saturated rings. The van der Waals surface area contributed by atoms with Gasteiger partial charge in [-0.2, -0.15) is 0 Å². The van der Waals surface area contributed by atoms with Gasteiger partial charge in [0.05, 0.1) is 13.2 Å². The van der Waals surface area contributed by atoms with Crippen LogP contribution in [0.1, 0.15) is 125 Å². The molecule has 3 saturated heterocycles. The second-order valence-corrected chi connectivity index (χ2v) is 22.5. The number of nitrogens with one attached hydrogen (secondary N) is 1. The maximum absolute atomic E-state index is 13.4. The van der Waals surface area contributed by atoms with Crippen molar-refractivity contribution in [2.45, 2.75) is 212 Å². The van der Waals surface area contributed by atoms with Crippen molar-refractivity contribution in [2.75, 3.05) is 39.6 Å². The Bertz CT molecular complexity index is 3050. The minimum Gasteiger partial charge on any atom is -0.464 e. The number of allylic oxidation sites excluding steroid dienone is 1.